The number of rotatable bonds is 12. The van der Waals surface area contributed by atoms with Crippen LogP contribution in [0.4, 0.5) is 4.79 Å². The number of nitrogens with one attached hydrogen (secondary N) is 3. The summed E-state index contributed by atoms with van der Waals surface area (Å²) in [7, 11) is 1.59. The number of carbonyl (C=O) groups is 4. The monoisotopic (exact) mass is 489 g/mol. The van der Waals surface area contributed by atoms with Crippen molar-refractivity contribution >= 4 is 23.9 Å². The fraction of sp³-hybridized carbons (Fsp3) is 0.600. The van der Waals surface area contributed by atoms with E-state index >= 15 is 0 Å². The summed E-state index contributed by atoms with van der Waals surface area (Å²) in [4.78, 5) is 49.3. The summed E-state index contributed by atoms with van der Waals surface area (Å²) in [5, 5.41) is 17.4. The van der Waals surface area contributed by atoms with Crippen molar-refractivity contribution in [1.29, 1.82) is 0 Å². The number of aliphatic carboxylic acids is 1. The first kappa shape index (κ1) is 26.3. The molecule has 0 unspecified atom stereocenters. The largest absolute Gasteiger partial charge is 0.497 e. The van der Waals surface area contributed by atoms with E-state index in [1.165, 1.54) is 0 Å². The van der Waals surface area contributed by atoms with E-state index in [1.807, 2.05) is 38.1 Å². The van der Waals surface area contributed by atoms with Crippen LogP contribution in [0.25, 0.3) is 0 Å². The van der Waals surface area contributed by atoms with E-state index in [-0.39, 0.29) is 18.2 Å². The highest BCUT2D eigenvalue weighted by Crippen LogP contribution is 2.43. The van der Waals surface area contributed by atoms with Crippen molar-refractivity contribution in [3.05, 3.63) is 29.8 Å². The molecule has 4 N–H and O–H groups in total. The summed E-state index contributed by atoms with van der Waals surface area (Å²) < 4.78 is 11.0. The molecule has 1 saturated carbocycles. The normalized spacial score (nSPS) is 19.9. The highest BCUT2D eigenvalue weighted by molar-refractivity contribution is 5.90. The number of carboxylic acids is 1. The van der Waals surface area contributed by atoms with Gasteiger partial charge >= 0.3 is 12.1 Å². The van der Waals surface area contributed by atoms with Gasteiger partial charge in [-0.3, -0.25) is 9.59 Å². The number of carbonyl (C=O) groups excluding carboxylic acids is 3. The summed E-state index contributed by atoms with van der Waals surface area (Å²) in [5.74, 6) is -1.74. The van der Waals surface area contributed by atoms with Gasteiger partial charge in [0.25, 0.3) is 0 Å². The van der Waals surface area contributed by atoms with Gasteiger partial charge in [0.15, 0.2) is 0 Å². The Labute approximate surface area is 205 Å². The van der Waals surface area contributed by atoms with E-state index in [1.54, 1.807) is 7.11 Å². The Morgan fingerprint density at radius 2 is 1.94 bits per heavy atom. The Hall–Kier alpha value is -3.30. The Bertz CT molecular complexity index is 945. The average molecular weight is 490 g/mol. The van der Waals surface area contributed by atoms with Gasteiger partial charge in [0, 0.05) is 18.9 Å². The van der Waals surface area contributed by atoms with Crippen molar-refractivity contribution in [1.82, 2.24) is 16.0 Å². The molecule has 3 amide bonds. The number of ether oxygens (including phenoxy) is 2. The van der Waals surface area contributed by atoms with Crippen LogP contribution in [0.5, 0.6) is 5.75 Å². The zero-order chi connectivity index (χ0) is 25.6. The Kier molecular flexibility index (Phi) is 8.58. The first-order chi connectivity index (χ1) is 16.6. The Morgan fingerprint density at radius 3 is 2.51 bits per heavy atom. The molecule has 35 heavy (non-hydrogen) atoms. The molecule has 0 aromatic heterocycles. The lowest BCUT2D eigenvalue weighted by atomic mass is 9.97. The fourth-order valence-electron chi connectivity index (χ4n) is 4.33. The van der Waals surface area contributed by atoms with Crippen LogP contribution in [0, 0.1) is 11.8 Å². The minimum atomic E-state index is -1.23. The molecule has 1 aliphatic heterocycles. The zero-order valence-electron chi connectivity index (χ0n) is 20.5. The minimum absolute atomic E-state index is 0.00456. The molecule has 2 fully saturated rings. The molecule has 10 nitrogen and oxygen atoms in total. The van der Waals surface area contributed by atoms with Crippen LogP contribution < -0.4 is 20.7 Å². The predicted octanol–water partition coefficient (Wildman–Crippen LogP) is 2.01. The van der Waals surface area contributed by atoms with Crippen molar-refractivity contribution in [2.45, 2.75) is 70.1 Å². The van der Waals surface area contributed by atoms with Gasteiger partial charge in [-0.2, -0.15) is 0 Å². The highest BCUT2D eigenvalue weighted by atomic mass is 16.6. The van der Waals surface area contributed by atoms with E-state index in [9.17, 15) is 24.3 Å². The van der Waals surface area contributed by atoms with Crippen LogP contribution in [-0.2, 0) is 25.5 Å². The summed E-state index contributed by atoms with van der Waals surface area (Å²) in [5.41, 5.74) is 0.348. The second kappa shape index (κ2) is 11.4. The van der Waals surface area contributed by atoms with Crippen LogP contribution in [-0.4, -0.2) is 60.3 Å². The third-order valence-electron chi connectivity index (χ3n) is 6.39. The van der Waals surface area contributed by atoms with Gasteiger partial charge in [-0.25, -0.2) is 9.59 Å². The molecule has 1 saturated heterocycles. The molecule has 1 heterocycles. The second-order valence-corrected chi connectivity index (χ2v) is 9.84. The van der Waals surface area contributed by atoms with Gasteiger partial charge in [-0.05, 0) is 55.7 Å². The van der Waals surface area contributed by atoms with Crippen LogP contribution in [0.2, 0.25) is 0 Å². The molecular formula is C25H35N3O7. The van der Waals surface area contributed by atoms with Gasteiger partial charge in [0.2, 0.25) is 11.8 Å². The maximum absolute atomic E-state index is 13.0. The number of benzene rings is 1. The molecular weight excluding hydrogens is 454 g/mol. The summed E-state index contributed by atoms with van der Waals surface area (Å²) >= 11 is 0. The van der Waals surface area contributed by atoms with Crippen molar-refractivity contribution in [3.63, 3.8) is 0 Å². The number of amides is 3. The quantitative estimate of drug-likeness (QED) is 0.352. The number of alkyl carbamates (subject to hydrolysis) is 1. The van der Waals surface area contributed by atoms with Crippen LogP contribution in [0.3, 0.4) is 0 Å². The predicted molar refractivity (Wildman–Crippen MR) is 127 cm³/mol. The minimum Gasteiger partial charge on any atom is -0.497 e. The average Bonchev–Trinajstić information content (AvgIpc) is 3.42. The van der Waals surface area contributed by atoms with Gasteiger partial charge in [-0.1, -0.05) is 26.0 Å². The standard InChI is InChI=1S/C25H35N3O7/c1-15(2)11-19(22(30)27-20(23(31)32)13-17-7-10-26-21(17)29)28-24(33)35-25(8-9-25)14-16-5-4-6-18(12-16)34-3/h4-6,12,15,17,19-20H,7-11,13-14H2,1-3H3,(H,26,29)(H,27,30)(H,28,33)(H,31,32)/t17-,19-,20-/m0/s1. The molecule has 1 aliphatic carbocycles. The Balaban J connectivity index is 1.60. The second-order valence-electron chi connectivity index (χ2n) is 9.84. The van der Waals surface area contributed by atoms with Crippen molar-refractivity contribution in [2.24, 2.45) is 11.8 Å². The smallest absolute Gasteiger partial charge is 0.408 e. The zero-order valence-corrected chi connectivity index (χ0v) is 20.5. The van der Waals surface area contributed by atoms with Crippen LogP contribution in [0.1, 0.15) is 51.5 Å². The van der Waals surface area contributed by atoms with Crippen molar-refractivity contribution in [2.75, 3.05) is 13.7 Å². The first-order valence-corrected chi connectivity index (χ1v) is 12.0. The lowest BCUT2D eigenvalue weighted by molar-refractivity contribution is -0.143. The molecule has 2 aliphatic rings. The molecule has 1 aromatic carbocycles. The molecule has 1 aromatic rings. The first-order valence-electron chi connectivity index (χ1n) is 12.0. The molecule has 0 bridgehead atoms. The SMILES string of the molecule is COc1cccc(CC2(OC(=O)N[C@@H](CC(C)C)C(=O)N[C@@H](C[C@@H]3CCNC3=O)C(=O)O)CC2)c1. The lowest BCUT2D eigenvalue weighted by Crippen LogP contribution is -2.53. The van der Waals surface area contributed by atoms with Gasteiger partial charge in [0.05, 0.1) is 7.11 Å². The van der Waals surface area contributed by atoms with Crippen LogP contribution >= 0.6 is 0 Å². The number of hydrogen-bond donors (Lipinski definition) is 4. The lowest BCUT2D eigenvalue weighted by Gasteiger charge is -2.25. The molecule has 3 atom stereocenters. The van der Waals surface area contributed by atoms with Gasteiger partial charge in [0.1, 0.15) is 23.4 Å². The van der Waals surface area contributed by atoms with Crippen LogP contribution in [0.15, 0.2) is 24.3 Å². The third-order valence-corrected chi connectivity index (χ3v) is 6.39. The number of hydrogen-bond acceptors (Lipinski definition) is 6. The number of methoxy groups -OCH3 is 1. The van der Waals surface area contributed by atoms with E-state index in [0.29, 0.717) is 38.6 Å². The maximum atomic E-state index is 13.0. The summed E-state index contributed by atoms with van der Waals surface area (Å²) in [6.45, 7) is 4.29. The van der Waals surface area contributed by atoms with Crippen molar-refractivity contribution < 1.29 is 33.8 Å². The maximum Gasteiger partial charge on any atom is 0.408 e. The molecule has 192 valence electrons. The summed E-state index contributed by atoms with van der Waals surface area (Å²) in [6.07, 6.45) is 2.06. The van der Waals surface area contributed by atoms with Crippen molar-refractivity contribution in [3.8, 4) is 5.75 Å². The molecule has 10 heteroatoms. The molecule has 0 spiro atoms. The molecule has 3 rings (SSSR count). The Morgan fingerprint density at radius 1 is 1.20 bits per heavy atom. The number of carboxylic acid groups (broad SMARTS) is 1. The fourth-order valence-corrected chi connectivity index (χ4v) is 4.33. The van der Waals surface area contributed by atoms with E-state index < -0.39 is 41.6 Å². The third kappa shape index (κ3) is 7.60. The van der Waals surface area contributed by atoms with Gasteiger partial charge < -0.3 is 30.5 Å². The van der Waals surface area contributed by atoms with E-state index in [2.05, 4.69) is 16.0 Å². The van der Waals surface area contributed by atoms with E-state index in [4.69, 9.17) is 9.47 Å². The molecule has 0 radical (unpaired) electrons. The summed E-state index contributed by atoms with van der Waals surface area (Å²) in [6, 6.07) is 5.36. The van der Waals surface area contributed by atoms with Gasteiger partial charge in [-0.15, -0.1) is 0 Å². The topological polar surface area (TPSA) is 143 Å². The van der Waals surface area contributed by atoms with E-state index in [0.717, 1.165) is 11.3 Å². The highest BCUT2D eigenvalue weighted by Gasteiger charge is 2.47.